The Bertz CT molecular complexity index is 965. The lowest BCUT2D eigenvalue weighted by atomic mass is 10.0. The van der Waals surface area contributed by atoms with Crippen molar-refractivity contribution in [2.75, 3.05) is 6.61 Å². The first kappa shape index (κ1) is 21.4. The molecule has 28 heavy (non-hydrogen) atoms. The summed E-state index contributed by atoms with van der Waals surface area (Å²) in [5.41, 5.74) is 7.86. The number of H-pyrrole nitrogens is 1. The number of carbonyl (C=O) groups excluding carboxylic acids is 1. The fourth-order valence-corrected chi connectivity index (χ4v) is 2.60. The highest BCUT2D eigenvalue weighted by molar-refractivity contribution is 8.01. The summed E-state index contributed by atoms with van der Waals surface area (Å²) < 4.78 is 45.4. The van der Waals surface area contributed by atoms with Crippen molar-refractivity contribution in [3.05, 3.63) is 62.5 Å². The van der Waals surface area contributed by atoms with Gasteiger partial charge in [-0.05, 0) is 42.6 Å². The number of hydrogen-bond acceptors (Lipinski definition) is 6. The molecular formula is C17H17F3N4O3S. The summed E-state index contributed by atoms with van der Waals surface area (Å²) >= 11 is 0.935. The normalized spacial score (nSPS) is 12.5. The van der Waals surface area contributed by atoms with Crippen molar-refractivity contribution in [1.29, 1.82) is 0 Å². The van der Waals surface area contributed by atoms with Crippen LogP contribution in [0.3, 0.4) is 0 Å². The van der Waals surface area contributed by atoms with Crippen LogP contribution in [-0.2, 0) is 6.18 Å². The molecule has 0 aliphatic rings. The van der Waals surface area contributed by atoms with E-state index < -0.39 is 28.9 Å². The Balaban J connectivity index is 2.42. The zero-order chi connectivity index (χ0) is 21.1. The van der Waals surface area contributed by atoms with Crippen molar-refractivity contribution in [3.63, 3.8) is 0 Å². The van der Waals surface area contributed by atoms with Crippen LogP contribution >= 0.6 is 11.9 Å². The van der Waals surface area contributed by atoms with Crippen LogP contribution in [0.25, 0.3) is 11.1 Å². The quantitative estimate of drug-likeness (QED) is 0.536. The van der Waals surface area contributed by atoms with Crippen LogP contribution < -0.4 is 26.9 Å². The number of amides is 1. The second kappa shape index (κ2) is 8.40. The van der Waals surface area contributed by atoms with Gasteiger partial charge in [0.1, 0.15) is 23.6 Å². The van der Waals surface area contributed by atoms with E-state index in [-0.39, 0.29) is 17.7 Å². The van der Waals surface area contributed by atoms with E-state index in [9.17, 15) is 22.8 Å². The molecule has 1 heterocycles. The number of nitrogens with two attached hydrogens (primary N) is 3. The minimum atomic E-state index is -4.84. The number of aromatic amines is 1. The van der Waals surface area contributed by atoms with Gasteiger partial charge in [0.05, 0.1) is 4.91 Å². The van der Waals surface area contributed by atoms with Crippen LogP contribution in [0.2, 0.25) is 0 Å². The fraction of sp³-hybridized carbons (Fsp3) is 0.176. The van der Waals surface area contributed by atoms with E-state index in [0.717, 1.165) is 18.0 Å². The number of pyridine rings is 1. The van der Waals surface area contributed by atoms with Gasteiger partial charge in [-0.2, -0.15) is 13.2 Å². The highest BCUT2D eigenvalue weighted by atomic mass is 32.2. The second-order valence-electron chi connectivity index (χ2n) is 5.70. The van der Waals surface area contributed by atoms with Crippen molar-refractivity contribution in [2.45, 2.75) is 13.1 Å². The predicted octanol–water partition coefficient (Wildman–Crippen LogP) is 2.34. The molecule has 1 aromatic carbocycles. The number of alkyl halides is 3. The SMILES string of the molecule is C/C(N)=C(\COc1ccc(-c2cc(C(N)=O)c(=O)[nH]c2C(F)(F)F)cc1)SN. The fourth-order valence-electron chi connectivity index (χ4n) is 2.28. The third-order valence-electron chi connectivity index (χ3n) is 3.71. The molecule has 150 valence electrons. The first-order valence-electron chi connectivity index (χ1n) is 7.74. The van der Waals surface area contributed by atoms with Crippen LogP contribution in [0.1, 0.15) is 23.0 Å². The number of aromatic nitrogens is 1. The first-order chi connectivity index (χ1) is 13.0. The highest BCUT2D eigenvalue weighted by Crippen LogP contribution is 2.35. The van der Waals surface area contributed by atoms with E-state index in [1.165, 1.54) is 24.3 Å². The maximum atomic E-state index is 13.3. The Morgan fingerprint density at radius 1 is 1.21 bits per heavy atom. The van der Waals surface area contributed by atoms with Crippen LogP contribution in [-0.4, -0.2) is 17.5 Å². The standard InChI is InChI=1S/C17H17F3N4O3S/c1-8(21)13(28-23)7-27-10-4-2-9(3-5-10)11-6-12(15(22)25)16(26)24-14(11)17(18,19)20/h2-6H,7,21,23H2,1H3,(H2,22,25)(H,24,26)/b13-8-. The van der Waals surface area contributed by atoms with Gasteiger partial charge >= 0.3 is 6.18 Å². The summed E-state index contributed by atoms with van der Waals surface area (Å²) in [6.45, 7) is 1.76. The van der Waals surface area contributed by atoms with Gasteiger partial charge in [-0.3, -0.25) is 14.7 Å². The molecule has 1 aromatic heterocycles. The zero-order valence-electron chi connectivity index (χ0n) is 14.6. The van der Waals surface area contributed by atoms with Crippen LogP contribution in [0.5, 0.6) is 5.75 Å². The van der Waals surface area contributed by atoms with E-state index in [1.54, 1.807) is 11.9 Å². The van der Waals surface area contributed by atoms with E-state index >= 15 is 0 Å². The molecule has 0 saturated heterocycles. The third kappa shape index (κ3) is 4.87. The number of primary amides is 1. The summed E-state index contributed by atoms with van der Waals surface area (Å²) in [6.07, 6.45) is -4.84. The van der Waals surface area contributed by atoms with Crippen LogP contribution in [0.4, 0.5) is 13.2 Å². The molecule has 0 aliphatic heterocycles. The van der Waals surface area contributed by atoms with Crippen LogP contribution in [0.15, 0.2) is 45.7 Å². The van der Waals surface area contributed by atoms with Crippen molar-refractivity contribution in [1.82, 2.24) is 4.98 Å². The molecule has 0 atom stereocenters. The van der Waals surface area contributed by atoms with Crippen molar-refractivity contribution >= 4 is 17.9 Å². The molecule has 2 aromatic rings. The Hall–Kier alpha value is -2.92. The molecule has 11 heteroatoms. The average Bonchev–Trinajstić information content (AvgIpc) is 2.61. The molecule has 0 fully saturated rings. The molecule has 7 nitrogen and oxygen atoms in total. The molecule has 0 aliphatic carbocycles. The van der Waals surface area contributed by atoms with Gasteiger partial charge in [0.25, 0.3) is 11.5 Å². The Morgan fingerprint density at radius 3 is 2.29 bits per heavy atom. The summed E-state index contributed by atoms with van der Waals surface area (Å²) in [7, 11) is 0. The topological polar surface area (TPSA) is 137 Å². The number of hydrogen-bond donors (Lipinski definition) is 4. The monoisotopic (exact) mass is 414 g/mol. The van der Waals surface area contributed by atoms with Gasteiger partial charge in [-0.15, -0.1) is 0 Å². The molecule has 0 bridgehead atoms. The number of ether oxygens (including phenoxy) is 1. The smallest absolute Gasteiger partial charge is 0.431 e. The molecule has 1 amide bonds. The summed E-state index contributed by atoms with van der Waals surface area (Å²) in [5, 5.41) is 5.47. The lowest BCUT2D eigenvalue weighted by Gasteiger charge is -2.14. The number of benzene rings is 1. The number of carbonyl (C=O) groups is 1. The number of nitrogens with one attached hydrogen (secondary N) is 1. The number of halogens is 3. The molecule has 0 spiro atoms. The second-order valence-corrected chi connectivity index (χ2v) is 6.43. The molecule has 0 radical (unpaired) electrons. The van der Waals surface area contributed by atoms with Gasteiger partial charge < -0.3 is 21.2 Å². The highest BCUT2D eigenvalue weighted by Gasteiger charge is 2.36. The number of rotatable bonds is 6. The van der Waals surface area contributed by atoms with Gasteiger partial charge in [0, 0.05) is 11.3 Å². The van der Waals surface area contributed by atoms with E-state index in [4.69, 9.17) is 21.3 Å². The molecule has 2 rings (SSSR count). The minimum Gasteiger partial charge on any atom is -0.488 e. The lowest BCUT2D eigenvalue weighted by Crippen LogP contribution is -2.27. The van der Waals surface area contributed by atoms with E-state index in [1.807, 2.05) is 0 Å². The summed E-state index contributed by atoms with van der Waals surface area (Å²) in [6, 6.07) is 6.42. The van der Waals surface area contributed by atoms with E-state index in [0.29, 0.717) is 16.4 Å². The van der Waals surface area contributed by atoms with Crippen molar-refractivity contribution < 1.29 is 22.7 Å². The molecular weight excluding hydrogens is 397 g/mol. The third-order valence-corrected chi connectivity index (χ3v) is 4.43. The maximum absolute atomic E-state index is 13.3. The summed E-state index contributed by atoms with van der Waals surface area (Å²) in [5.74, 6) is -0.767. The zero-order valence-corrected chi connectivity index (χ0v) is 15.4. The largest absolute Gasteiger partial charge is 0.488 e. The lowest BCUT2D eigenvalue weighted by molar-refractivity contribution is -0.140. The van der Waals surface area contributed by atoms with E-state index in [2.05, 4.69) is 0 Å². The van der Waals surface area contributed by atoms with Gasteiger partial charge in [-0.25, -0.2) is 0 Å². The molecule has 0 unspecified atom stereocenters. The van der Waals surface area contributed by atoms with Gasteiger partial charge in [0.15, 0.2) is 0 Å². The first-order valence-corrected chi connectivity index (χ1v) is 8.62. The van der Waals surface area contributed by atoms with Gasteiger partial charge in [0.2, 0.25) is 0 Å². The molecule has 7 N–H and O–H groups in total. The average molecular weight is 414 g/mol. The van der Waals surface area contributed by atoms with Crippen LogP contribution in [0, 0.1) is 0 Å². The maximum Gasteiger partial charge on any atom is 0.431 e. The summed E-state index contributed by atoms with van der Waals surface area (Å²) in [4.78, 5) is 25.3. The number of allylic oxidation sites excluding steroid dienone is 1. The van der Waals surface area contributed by atoms with Gasteiger partial charge in [-0.1, -0.05) is 12.1 Å². The van der Waals surface area contributed by atoms with Crippen molar-refractivity contribution in [2.24, 2.45) is 16.6 Å². The Labute approximate surface area is 161 Å². The molecule has 0 saturated carbocycles. The Morgan fingerprint density at radius 2 is 1.82 bits per heavy atom. The van der Waals surface area contributed by atoms with Crippen molar-refractivity contribution in [3.8, 4) is 16.9 Å². The Kier molecular flexibility index (Phi) is 6.41. The minimum absolute atomic E-state index is 0.0983. The predicted molar refractivity (Wildman–Crippen MR) is 100 cm³/mol.